The zero-order valence-electron chi connectivity index (χ0n) is 19.3. The zero-order valence-corrected chi connectivity index (χ0v) is 21.6. The number of aliphatic imine (C=N–C) groups is 1. The highest BCUT2D eigenvalue weighted by Gasteiger charge is 2.26. The molecule has 2 unspecified atom stereocenters. The van der Waals surface area contributed by atoms with Crippen LogP contribution < -0.4 is 5.32 Å². The van der Waals surface area contributed by atoms with Gasteiger partial charge in [0.25, 0.3) is 0 Å². The molecule has 7 heteroatoms. The number of rotatable bonds is 8. The van der Waals surface area contributed by atoms with Crippen molar-refractivity contribution in [2.75, 3.05) is 53.0 Å². The van der Waals surface area contributed by atoms with Crippen LogP contribution in [0.1, 0.15) is 71.1 Å². The quantitative estimate of drug-likeness (QED) is 0.290. The number of likely N-dealkylation sites (tertiary alicyclic amines) is 2. The van der Waals surface area contributed by atoms with E-state index in [0.717, 1.165) is 58.1 Å². The highest BCUT2D eigenvalue weighted by atomic mass is 127. The van der Waals surface area contributed by atoms with Crippen molar-refractivity contribution in [1.82, 2.24) is 15.1 Å². The number of piperidine rings is 2. The second-order valence-corrected chi connectivity index (χ2v) is 8.98. The predicted molar refractivity (Wildman–Crippen MR) is 135 cm³/mol. The SMILES string of the molecule is CCCCN1CCCCC1CNC(=NC)N1CCC(OCC2CCCCO2)CC1.I. The van der Waals surface area contributed by atoms with Gasteiger partial charge in [0.05, 0.1) is 18.8 Å². The van der Waals surface area contributed by atoms with Crippen molar-refractivity contribution in [2.24, 2.45) is 4.99 Å². The number of halogens is 1. The lowest BCUT2D eigenvalue weighted by Crippen LogP contribution is -2.52. The van der Waals surface area contributed by atoms with Crippen molar-refractivity contribution in [2.45, 2.75) is 89.4 Å². The van der Waals surface area contributed by atoms with Crippen LogP contribution in [0.15, 0.2) is 4.99 Å². The third-order valence-corrected chi connectivity index (χ3v) is 6.79. The first kappa shape index (κ1) is 26.1. The Hall–Kier alpha value is -0.120. The second-order valence-electron chi connectivity index (χ2n) is 8.98. The summed E-state index contributed by atoms with van der Waals surface area (Å²) >= 11 is 0. The smallest absolute Gasteiger partial charge is 0.193 e. The minimum atomic E-state index is 0. The Morgan fingerprint density at radius 3 is 2.57 bits per heavy atom. The van der Waals surface area contributed by atoms with Gasteiger partial charge in [0, 0.05) is 39.3 Å². The van der Waals surface area contributed by atoms with Crippen molar-refractivity contribution >= 4 is 29.9 Å². The Morgan fingerprint density at radius 1 is 1.07 bits per heavy atom. The molecular formula is C23H45IN4O2. The lowest BCUT2D eigenvalue weighted by Gasteiger charge is -2.38. The Bertz CT molecular complexity index is 480. The summed E-state index contributed by atoms with van der Waals surface area (Å²) in [5, 5.41) is 3.69. The first-order valence-electron chi connectivity index (χ1n) is 12.2. The van der Waals surface area contributed by atoms with Gasteiger partial charge in [0.2, 0.25) is 0 Å². The molecule has 6 nitrogen and oxygen atoms in total. The molecule has 30 heavy (non-hydrogen) atoms. The van der Waals surface area contributed by atoms with Crippen molar-refractivity contribution in [3.63, 3.8) is 0 Å². The number of guanidine groups is 1. The van der Waals surface area contributed by atoms with E-state index in [0.29, 0.717) is 18.2 Å². The number of ether oxygens (including phenoxy) is 2. The van der Waals surface area contributed by atoms with Crippen LogP contribution in [0.25, 0.3) is 0 Å². The average molecular weight is 537 g/mol. The molecule has 0 bridgehead atoms. The molecule has 3 rings (SSSR count). The molecule has 3 saturated heterocycles. The molecule has 176 valence electrons. The number of unbranched alkanes of at least 4 members (excludes halogenated alkanes) is 1. The van der Waals surface area contributed by atoms with Gasteiger partial charge in [-0.05, 0) is 64.5 Å². The normalized spacial score (nSPS) is 27.0. The molecule has 0 aromatic rings. The van der Waals surface area contributed by atoms with Gasteiger partial charge in [-0.1, -0.05) is 19.8 Å². The molecule has 0 amide bonds. The summed E-state index contributed by atoms with van der Waals surface area (Å²) < 4.78 is 12.0. The van der Waals surface area contributed by atoms with Gasteiger partial charge in [-0.25, -0.2) is 0 Å². The Labute approximate surface area is 201 Å². The number of hydrogen-bond acceptors (Lipinski definition) is 4. The lowest BCUT2D eigenvalue weighted by molar-refractivity contribution is -0.0721. The molecule has 0 aliphatic carbocycles. The van der Waals surface area contributed by atoms with Crippen molar-refractivity contribution in [1.29, 1.82) is 0 Å². The predicted octanol–water partition coefficient (Wildman–Crippen LogP) is 3.88. The van der Waals surface area contributed by atoms with Crippen molar-refractivity contribution in [3.05, 3.63) is 0 Å². The van der Waals surface area contributed by atoms with Gasteiger partial charge >= 0.3 is 0 Å². The first-order valence-corrected chi connectivity index (χ1v) is 12.2. The molecule has 0 aromatic heterocycles. The van der Waals surface area contributed by atoms with Crippen LogP contribution in [0.3, 0.4) is 0 Å². The lowest BCUT2D eigenvalue weighted by atomic mass is 10.0. The van der Waals surface area contributed by atoms with Crippen LogP contribution in [0.5, 0.6) is 0 Å². The van der Waals surface area contributed by atoms with Crippen LogP contribution in [-0.2, 0) is 9.47 Å². The van der Waals surface area contributed by atoms with E-state index in [1.807, 2.05) is 7.05 Å². The Kier molecular flexibility index (Phi) is 12.9. The fraction of sp³-hybridized carbons (Fsp3) is 0.957. The van der Waals surface area contributed by atoms with Gasteiger partial charge in [0.15, 0.2) is 5.96 Å². The monoisotopic (exact) mass is 536 g/mol. The standard InChI is InChI=1S/C23H44N4O2.HI/c1-3-4-13-26-14-7-5-9-20(26)18-25-23(24-2)27-15-11-21(12-16-27)29-19-22-10-6-8-17-28-22;/h20-22H,3-19H2,1-2H3,(H,24,25);1H. The second kappa shape index (κ2) is 14.9. The summed E-state index contributed by atoms with van der Waals surface area (Å²) in [6.45, 7) is 9.55. The van der Waals surface area contributed by atoms with Gasteiger partial charge in [-0.15, -0.1) is 24.0 Å². The van der Waals surface area contributed by atoms with Crippen LogP contribution in [0, 0.1) is 0 Å². The maximum absolute atomic E-state index is 6.17. The summed E-state index contributed by atoms with van der Waals surface area (Å²) in [5.41, 5.74) is 0. The first-order chi connectivity index (χ1) is 14.3. The fourth-order valence-electron chi connectivity index (χ4n) is 4.90. The third kappa shape index (κ3) is 8.43. The Balaban J connectivity index is 0.00000320. The molecule has 3 heterocycles. The summed E-state index contributed by atoms with van der Waals surface area (Å²) in [5.74, 6) is 1.07. The average Bonchev–Trinajstić information content (AvgIpc) is 2.79. The van der Waals surface area contributed by atoms with E-state index in [1.54, 1.807) is 0 Å². The van der Waals surface area contributed by atoms with Crippen molar-refractivity contribution in [3.8, 4) is 0 Å². The summed E-state index contributed by atoms with van der Waals surface area (Å²) in [6, 6.07) is 0.656. The van der Waals surface area contributed by atoms with Crippen LogP contribution >= 0.6 is 24.0 Å². The molecule has 3 fully saturated rings. The largest absolute Gasteiger partial charge is 0.376 e. The van der Waals surface area contributed by atoms with Gasteiger partial charge < -0.3 is 19.7 Å². The van der Waals surface area contributed by atoms with E-state index >= 15 is 0 Å². The topological polar surface area (TPSA) is 49.3 Å². The number of hydrogen-bond donors (Lipinski definition) is 1. The van der Waals surface area contributed by atoms with Crippen LogP contribution in [0.4, 0.5) is 0 Å². The number of nitrogens with one attached hydrogen (secondary N) is 1. The third-order valence-electron chi connectivity index (χ3n) is 6.79. The van der Waals surface area contributed by atoms with E-state index < -0.39 is 0 Å². The summed E-state index contributed by atoms with van der Waals surface area (Å²) in [6.07, 6.45) is 13.1. The molecule has 2 atom stereocenters. The van der Waals surface area contributed by atoms with E-state index in [9.17, 15) is 0 Å². The zero-order chi connectivity index (χ0) is 20.3. The van der Waals surface area contributed by atoms with Gasteiger partial charge in [-0.3, -0.25) is 9.89 Å². The maximum Gasteiger partial charge on any atom is 0.193 e. The van der Waals surface area contributed by atoms with Gasteiger partial charge in [0.1, 0.15) is 0 Å². The van der Waals surface area contributed by atoms with Crippen LogP contribution in [0.2, 0.25) is 0 Å². The molecular weight excluding hydrogens is 491 g/mol. The highest BCUT2D eigenvalue weighted by molar-refractivity contribution is 14.0. The molecule has 0 spiro atoms. The molecule has 3 aliphatic heterocycles. The van der Waals surface area contributed by atoms with E-state index in [4.69, 9.17) is 9.47 Å². The summed E-state index contributed by atoms with van der Waals surface area (Å²) in [4.78, 5) is 9.69. The minimum Gasteiger partial charge on any atom is -0.376 e. The van der Waals surface area contributed by atoms with Crippen LogP contribution in [-0.4, -0.2) is 87.0 Å². The Morgan fingerprint density at radius 2 is 1.87 bits per heavy atom. The minimum absolute atomic E-state index is 0. The van der Waals surface area contributed by atoms with E-state index in [2.05, 4.69) is 27.0 Å². The van der Waals surface area contributed by atoms with Crippen molar-refractivity contribution < 1.29 is 9.47 Å². The molecule has 1 N–H and O–H groups in total. The maximum atomic E-state index is 6.17. The molecule has 0 saturated carbocycles. The van der Waals surface area contributed by atoms with Gasteiger partial charge in [-0.2, -0.15) is 0 Å². The van der Waals surface area contributed by atoms with E-state index in [1.165, 1.54) is 58.0 Å². The molecule has 0 aromatic carbocycles. The summed E-state index contributed by atoms with van der Waals surface area (Å²) in [7, 11) is 1.92. The van der Waals surface area contributed by atoms with E-state index in [-0.39, 0.29) is 24.0 Å². The number of nitrogens with zero attached hydrogens (tertiary/aromatic N) is 3. The highest BCUT2D eigenvalue weighted by Crippen LogP contribution is 2.19. The molecule has 3 aliphatic rings. The fourth-order valence-corrected chi connectivity index (χ4v) is 4.90. The molecule has 0 radical (unpaired) electrons.